The molecule has 0 saturated carbocycles. The molecule has 0 fully saturated rings. The Morgan fingerprint density at radius 3 is 1.38 bits per heavy atom. The van der Waals surface area contributed by atoms with Gasteiger partial charge in [0.2, 0.25) is 11.8 Å². The molecule has 4 nitrogen and oxygen atoms in total. The Balaban J connectivity index is 3.54. The molecule has 2 amide bonds. The van der Waals surface area contributed by atoms with E-state index in [0.717, 1.165) is 37.5 Å². The molecule has 2 N–H and O–H groups in total. The summed E-state index contributed by atoms with van der Waals surface area (Å²) >= 11 is 0. The van der Waals surface area contributed by atoms with Gasteiger partial charge in [-0.25, -0.2) is 0 Å². The largest absolute Gasteiger partial charge is 0.353 e. The molecule has 4 heteroatoms. The van der Waals surface area contributed by atoms with Crippen molar-refractivity contribution in [2.45, 2.75) is 79.1 Å². The Morgan fingerprint density at radius 1 is 0.667 bits per heavy atom. The van der Waals surface area contributed by atoms with Gasteiger partial charge in [0.05, 0.1) is 0 Å². The van der Waals surface area contributed by atoms with Gasteiger partial charge in [-0.2, -0.15) is 0 Å². The summed E-state index contributed by atoms with van der Waals surface area (Å²) < 4.78 is 0. The van der Waals surface area contributed by atoms with Gasteiger partial charge in [0.25, 0.3) is 0 Å². The monoisotopic (exact) mass is 338 g/mol. The van der Waals surface area contributed by atoms with E-state index in [-0.39, 0.29) is 11.8 Å². The number of amides is 2. The lowest BCUT2D eigenvalue weighted by Crippen LogP contribution is -2.25. The molecule has 0 aromatic carbocycles. The molecule has 0 atom stereocenters. The minimum Gasteiger partial charge on any atom is -0.353 e. The molecule has 0 saturated heterocycles. The Labute approximate surface area is 148 Å². The second-order valence-corrected chi connectivity index (χ2v) is 7.40. The number of hydrogen-bond donors (Lipinski definition) is 2. The third-order valence-electron chi connectivity index (χ3n) is 3.90. The average molecular weight is 339 g/mol. The van der Waals surface area contributed by atoms with Crippen molar-refractivity contribution in [1.82, 2.24) is 10.6 Å². The lowest BCUT2D eigenvalue weighted by molar-refractivity contribution is -0.118. The minimum absolute atomic E-state index is 0.189. The van der Waals surface area contributed by atoms with Crippen LogP contribution in [0.3, 0.4) is 0 Å². The van der Waals surface area contributed by atoms with E-state index in [9.17, 15) is 9.59 Å². The van der Waals surface area contributed by atoms with Gasteiger partial charge in [-0.3, -0.25) is 9.59 Å². The fraction of sp³-hybridized carbons (Fsp3) is 0.800. The second-order valence-electron chi connectivity index (χ2n) is 7.40. The summed E-state index contributed by atoms with van der Waals surface area (Å²) in [6, 6.07) is 0. The summed E-state index contributed by atoms with van der Waals surface area (Å²) in [6.07, 6.45) is 11.8. The van der Waals surface area contributed by atoms with Crippen molar-refractivity contribution < 1.29 is 9.59 Å². The fourth-order valence-corrected chi connectivity index (χ4v) is 2.40. The van der Waals surface area contributed by atoms with Crippen molar-refractivity contribution >= 4 is 11.8 Å². The summed E-state index contributed by atoms with van der Waals surface area (Å²) in [4.78, 5) is 23.2. The third kappa shape index (κ3) is 17.0. The first-order valence-electron chi connectivity index (χ1n) is 9.65. The maximum Gasteiger partial charge on any atom is 0.244 e. The van der Waals surface area contributed by atoms with Crippen LogP contribution < -0.4 is 10.6 Å². The molecule has 0 spiro atoms. The Kier molecular flexibility index (Phi) is 14.4. The molecule has 140 valence electrons. The summed E-state index contributed by atoms with van der Waals surface area (Å²) in [5, 5.41) is 5.63. The van der Waals surface area contributed by atoms with Crippen LogP contribution in [0.5, 0.6) is 0 Å². The van der Waals surface area contributed by atoms with E-state index in [1.807, 2.05) is 0 Å². The van der Waals surface area contributed by atoms with Crippen LogP contribution in [0.4, 0.5) is 0 Å². The van der Waals surface area contributed by atoms with Gasteiger partial charge < -0.3 is 10.6 Å². The molecule has 0 radical (unpaired) electrons. The van der Waals surface area contributed by atoms with Crippen LogP contribution in [0.25, 0.3) is 0 Å². The summed E-state index contributed by atoms with van der Waals surface area (Å²) in [5.74, 6) is 1.12. The normalized spacial score (nSPS) is 11.4. The summed E-state index contributed by atoms with van der Waals surface area (Å²) in [6.45, 7) is 10.3. The summed E-state index contributed by atoms with van der Waals surface area (Å²) in [5.41, 5.74) is 0. The van der Waals surface area contributed by atoms with Gasteiger partial charge in [-0.15, -0.1) is 0 Å². The SMILES string of the molecule is CC(C)CCCCCNC(=O)/C=C\C(=O)NCCCCCC(C)C. The number of carbonyl (C=O) groups is 2. The van der Waals surface area contributed by atoms with Gasteiger partial charge in [0.15, 0.2) is 0 Å². The first kappa shape index (κ1) is 22.7. The minimum atomic E-state index is -0.189. The van der Waals surface area contributed by atoms with E-state index >= 15 is 0 Å². The highest BCUT2D eigenvalue weighted by molar-refractivity contribution is 5.96. The van der Waals surface area contributed by atoms with Crippen LogP contribution in [-0.4, -0.2) is 24.9 Å². The Morgan fingerprint density at radius 2 is 1.04 bits per heavy atom. The lowest BCUT2D eigenvalue weighted by atomic mass is 10.1. The maximum absolute atomic E-state index is 11.6. The maximum atomic E-state index is 11.6. The van der Waals surface area contributed by atoms with Crippen molar-refractivity contribution in [3.8, 4) is 0 Å². The van der Waals surface area contributed by atoms with Crippen molar-refractivity contribution in [2.75, 3.05) is 13.1 Å². The van der Waals surface area contributed by atoms with Gasteiger partial charge >= 0.3 is 0 Å². The highest BCUT2D eigenvalue weighted by Crippen LogP contribution is 2.08. The fourth-order valence-electron chi connectivity index (χ4n) is 2.40. The van der Waals surface area contributed by atoms with E-state index in [1.54, 1.807) is 0 Å². The molecule has 0 aliphatic carbocycles. The van der Waals surface area contributed by atoms with Gasteiger partial charge in [0.1, 0.15) is 0 Å². The number of nitrogens with one attached hydrogen (secondary N) is 2. The zero-order valence-corrected chi connectivity index (χ0v) is 16.2. The Hall–Kier alpha value is -1.32. The number of rotatable bonds is 14. The van der Waals surface area contributed by atoms with Crippen molar-refractivity contribution in [2.24, 2.45) is 11.8 Å². The van der Waals surface area contributed by atoms with Crippen molar-refractivity contribution in [3.63, 3.8) is 0 Å². The van der Waals surface area contributed by atoms with Gasteiger partial charge in [-0.05, 0) is 24.7 Å². The molecular weight excluding hydrogens is 300 g/mol. The highest BCUT2D eigenvalue weighted by Gasteiger charge is 2.00. The van der Waals surface area contributed by atoms with E-state index in [0.29, 0.717) is 13.1 Å². The zero-order chi connectivity index (χ0) is 18.2. The first-order chi connectivity index (χ1) is 11.4. The van der Waals surface area contributed by atoms with Gasteiger partial charge in [0, 0.05) is 25.2 Å². The summed E-state index contributed by atoms with van der Waals surface area (Å²) in [7, 11) is 0. The molecule has 0 aliphatic heterocycles. The van der Waals surface area contributed by atoms with Crippen LogP contribution >= 0.6 is 0 Å². The second kappa shape index (κ2) is 15.2. The van der Waals surface area contributed by atoms with Crippen molar-refractivity contribution in [3.05, 3.63) is 12.2 Å². The van der Waals surface area contributed by atoms with E-state index in [1.165, 1.54) is 37.8 Å². The van der Waals surface area contributed by atoms with Crippen LogP contribution in [0.15, 0.2) is 12.2 Å². The van der Waals surface area contributed by atoms with Gasteiger partial charge in [-0.1, -0.05) is 66.2 Å². The molecule has 0 heterocycles. The van der Waals surface area contributed by atoms with Crippen LogP contribution in [0, 0.1) is 11.8 Å². The molecule has 24 heavy (non-hydrogen) atoms. The molecule has 0 bridgehead atoms. The van der Waals surface area contributed by atoms with Crippen LogP contribution in [-0.2, 0) is 9.59 Å². The molecule has 0 aliphatic rings. The van der Waals surface area contributed by atoms with E-state index in [4.69, 9.17) is 0 Å². The molecular formula is C20H38N2O2. The van der Waals surface area contributed by atoms with Crippen LogP contribution in [0.2, 0.25) is 0 Å². The predicted octanol–water partition coefficient (Wildman–Crippen LogP) is 4.21. The molecule has 0 aromatic rings. The number of hydrogen-bond acceptors (Lipinski definition) is 2. The average Bonchev–Trinajstić information content (AvgIpc) is 2.51. The highest BCUT2D eigenvalue weighted by atomic mass is 16.2. The molecule has 0 unspecified atom stereocenters. The number of unbranched alkanes of at least 4 members (excludes halogenated alkanes) is 4. The third-order valence-corrected chi connectivity index (χ3v) is 3.90. The predicted molar refractivity (Wildman–Crippen MR) is 102 cm³/mol. The Bertz CT molecular complexity index is 329. The topological polar surface area (TPSA) is 58.2 Å². The standard InChI is InChI=1S/C20H38N2O2/c1-17(2)11-7-5-9-15-21-19(23)13-14-20(24)22-16-10-6-8-12-18(3)4/h13-14,17-18H,5-12,15-16H2,1-4H3,(H,21,23)(H,22,24)/b14-13-. The quantitative estimate of drug-likeness (QED) is 0.368. The molecule has 0 aromatic heterocycles. The van der Waals surface area contributed by atoms with E-state index in [2.05, 4.69) is 38.3 Å². The number of carbonyl (C=O) groups excluding carboxylic acids is 2. The van der Waals surface area contributed by atoms with Crippen molar-refractivity contribution in [1.29, 1.82) is 0 Å². The van der Waals surface area contributed by atoms with E-state index < -0.39 is 0 Å². The lowest BCUT2D eigenvalue weighted by Gasteiger charge is -2.05. The molecule has 0 rings (SSSR count). The van der Waals surface area contributed by atoms with Crippen LogP contribution in [0.1, 0.15) is 79.1 Å². The first-order valence-corrected chi connectivity index (χ1v) is 9.65. The zero-order valence-electron chi connectivity index (χ0n) is 16.2. The smallest absolute Gasteiger partial charge is 0.244 e.